The Hall–Kier alpha value is -1.59. The Bertz CT molecular complexity index is 773. The first-order valence-corrected chi connectivity index (χ1v) is 9.33. The quantitative estimate of drug-likeness (QED) is 0.875. The number of benzene rings is 1. The predicted molar refractivity (Wildman–Crippen MR) is 91.9 cm³/mol. The summed E-state index contributed by atoms with van der Waals surface area (Å²) in [5, 5.41) is 22.2. The summed E-state index contributed by atoms with van der Waals surface area (Å²) >= 11 is 0. The number of carbonyl (C=O) groups is 1. The number of ketones is 1. The van der Waals surface area contributed by atoms with Gasteiger partial charge in [-0.1, -0.05) is 6.07 Å². The van der Waals surface area contributed by atoms with Crippen molar-refractivity contribution in [3.8, 4) is 11.5 Å². The molecule has 1 heterocycles. The lowest BCUT2D eigenvalue weighted by Crippen LogP contribution is -2.71. The van der Waals surface area contributed by atoms with Gasteiger partial charge in [0.25, 0.3) is 0 Å². The van der Waals surface area contributed by atoms with Crippen molar-refractivity contribution in [2.45, 2.75) is 62.2 Å². The van der Waals surface area contributed by atoms with Gasteiger partial charge in [0.05, 0.1) is 11.0 Å². The molecule has 1 aromatic carbocycles. The molecule has 1 unspecified atom stereocenters. The van der Waals surface area contributed by atoms with Crippen LogP contribution < -0.4 is 4.74 Å². The minimum absolute atomic E-state index is 0.0271. The number of hydrogen-bond donors (Lipinski definition) is 2. The second kappa shape index (κ2) is 4.77. The number of aliphatic hydroxyl groups is 1. The van der Waals surface area contributed by atoms with Crippen molar-refractivity contribution in [1.82, 2.24) is 4.90 Å². The Morgan fingerprint density at radius 1 is 1.36 bits per heavy atom. The van der Waals surface area contributed by atoms with Gasteiger partial charge in [-0.25, -0.2) is 0 Å². The third-order valence-electron chi connectivity index (χ3n) is 7.19. The Morgan fingerprint density at radius 3 is 2.84 bits per heavy atom. The van der Waals surface area contributed by atoms with Crippen LogP contribution in [-0.4, -0.2) is 52.2 Å². The van der Waals surface area contributed by atoms with E-state index < -0.39 is 17.1 Å². The summed E-state index contributed by atoms with van der Waals surface area (Å²) in [6.45, 7) is 2.95. The van der Waals surface area contributed by atoms with Crippen molar-refractivity contribution in [3.63, 3.8) is 0 Å². The number of aromatic hydroxyl groups is 1. The lowest BCUT2D eigenvalue weighted by atomic mass is 9.52. The average molecular weight is 343 g/mol. The molecule has 5 rings (SSSR count). The molecule has 0 amide bonds. The summed E-state index contributed by atoms with van der Waals surface area (Å²) in [6.07, 6.45) is 3.34. The molecule has 1 aromatic rings. The van der Waals surface area contributed by atoms with Crippen molar-refractivity contribution >= 4 is 5.78 Å². The number of phenols is 1. The van der Waals surface area contributed by atoms with E-state index >= 15 is 0 Å². The zero-order valence-corrected chi connectivity index (χ0v) is 14.8. The Balaban J connectivity index is 1.68. The van der Waals surface area contributed by atoms with Crippen LogP contribution >= 0.6 is 0 Å². The monoisotopic (exact) mass is 343 g/mol. The fourth-order valence-electron chi connectivity index (χ4n) is 5.62. The maximum atomic E-state index is 12.6. The first-order valence-electron chi connectivity index (χ1n) is 9.33. The molecule has 0 aromatic heterocycles. The van der Waals surface area contributed by atoms with Gasteiger partial charge in [0.2, 0.25) is 0 Å². The fourth-order valence-corrected chi connectivity index (χ4v) is 5.62. The number of rotatable bonds is 3. The van der Waals surface area contributed by atoms with Gasteiger partial charge in [-0.3, -0.25) is 9.69 Å². The first-order chi connectivity index (χ1) is 11.9. The topological polar surface area (TPSA) is 70.0 Å². The van der Waals surface area contributed by atoms with Gasteiger partial charge in [0, 0.05) is 24.6 Å². The summed E-state index contributed by atoms with van der Waals surface area (Å²) < 4.78 is 5.96. The molecule has 5 heteroatoms. The molecule has 134 valence electrons. The van der Waals surface area contributed by atoms with Crippen molar-refractivity contribution in [2.75, 3.05) is 13.6 Å². The number of likely N-dealkylation sites (N-methyl/N-ethyl adjacent to an activating group) is 1. The fraction of sp³-hybridized carbons (Fsp3) is 0.650. The number of hydrogen-bond acceptors (Lipinski definition) is 5. The Kier molecular flexibility index (Phi) is 2.99. The molecule has 25 heavy (non-hydrogen) atoms. The molecular weight excluding hydrogens is 318 g/mol. The van der Waals surface area contributed by atoms with Crippen LogP contribution in [0.2, 0.25) is 0 Å². The van der Waals surface area contributed by atoms with Crippen molar-refractivity contribution in [3.05, 3.63) is 23.3 Å². The second-order valence-corrected chi connectivity index (χ2v) is 8.64. The van der Waals surface area contributed by atoms with Crippen LogP contribution in [0.15, 0.2) is 12.1 Å². The van der Waals surface area contributed by atoms with Crippen LogP contribution in [0.25, 0.3) is 0 Å². The predicted octanol–water partition coefficient (Wildman–Crippen LogP) is 1.77. The summed E-state index contributed by atoms with van der Waals surface area (Å²) in [6, 6.07) is 3.55. The second-order valence-electron chi connectivity index (χ2n) is 8.64. The van der Waals surface area contributed by atoms with Crippen LogP contribution in [0.3, 0.4) is 0 Å². The smallest absolute Gasteiger partial charge is 0.174 e. The number of nitrogens with zero attached hydrogens (tertiary/aromatic N) is 1. The third kappa shape index (κ3) is 1.83. The Morgan fingerprint density at radius 2 is 2.12 bits per heavy atom. The van der Waals surface area contributed by atoms with Crippen LogP contribution in [0, 0.1) is 5.92 Å². The molecule has 2 fully saturated rings. The maximum Gasteiger partial charge on any atom is 0.174 e. The molecule has 5 nitrogen and oxygen atoms in total. The van der Waals surface area contributed by atoms with Gasteiger partial charge in [-0.15, -0.1) is 0 Å². The highest BCUT2D eigenvalue weighted by molar-refractivity contribution is 5.89. The van der Waals surface area contributed by atoms with Gasteiger partial charge in [0.1, 0.15) is 0 Å². The van der Waals surface area contributed by atoms with Crippen LogP contribution in [-0.2, 0) is 16.6 Å². The van der Waals surface area contributed by atoms with Crippen molar-refractivity contribution < 1.29 is 19.7 Å². The SMILES string of the molecule is CN(CC1CC1)[C@@H]1Cc2ccc(O)c3c2C2(C)[C@@H](O3)C(=O)CC[C@@]12O. The van der Waals surface area contributed by atoms with Crippen molar-refractivity contribution in [2.24, 2.45) is 5.92 Å². The lowest BCUT2D eigenvalue weighted by Gasteiger charge is -2.57. The molecule has 2 N–H and O–H groups in total. The highest BCUT2D eigenvalue weighted by Crippen LogP contribution is 2.61. The highest BCUT2D eigenvalue weighted by atomic mass is 16.5. The largest absolute Gasteiger partial charge is 0.504 e. The van der Waals surface area contributed by atoms with E-state index in [0.29, 0.717) is 18.6 Å². The molecule has 2 saturated carbocycles. The molecule has 4 aliphatic rings. The van der Waals surface area contributed by atoms with E-state index in [2.05, 4.69) is 11.9 Å². The molecule has 1 aliphatic heterocycles. The molecule has 0 saturated heterocycles. The van der Waals surface area contributed by atoms with Gasteiger partial charge in [-0.05, 0) is 57.2 Å². The summed E-state index contributed by atoms with van der Waals surface area (Å²) in [5.74, 6) is 1.23. The zero-order valence-electron chi connectivity index (χ0n) is 14.8. The van der Waals surface area contributed by atoms with Crippen LogP contribution in [0.5, 0.6) is 11.5 Å². The minimum atomic E-state index is -1.03. The number of phenolic OH excluding ortho intramolecular Hbond substituents is 1. The van der Waals surface area contributed by atoms with Gasteiger partial charge < -0.3 is 14.9 Å². The van der Waals surface area contributed by atoms with E-state index in [9.17, 15) is 15.0 Å². The minimum Gasteiger partial charge on any atom is -0.504 e. The molecule has 3 aliphatic carbocycles. The molecule has 0 spiro atoms. The number of carbonyl (C=O) groups excluding carboxylic acids is 1. The van der Waals surface area contributed by atoms with E-state index in [-0.39, 0.29) is 17.6 Å². The van der Waals surface area contributed by atoms with Crippen LogP contribution in [0.1, 0.15) is 43.7 Å². The standard InChI is InChI=1S/C20H25NO4/c1-19-16-12-5-6-13(22)17(16)25-18(19)14(23)7-8-20(19,24)15(9-12)21(2)10-11-3-4-11/h5-6,11,15,18,22,24H,3-4,7-10H2,1-2H3/t15-,18+,19?,20-/m1/s1. The first kappa shape index (κ1) is 15.6. The summed E-state index contributed by atoms with van der Waals surface area (Å²) in [5.41, 5.74) is 0.113. The normalized spacial score (nSPS) is 38.6. The molecule has 0 radical (unpaired) electrons. The Labute approximate surface area is 147 Å². The van der Waals surface area contributed by atoms with E-state index in [0.717, 1.165) is 30.0 Å². The van der Waals surface area contributed by atoms with Gasteiger partial charge in [0.15, 0.2) is 23.4 Å². The average Bonchev–Trinajstić information content (AvgIpc) is 3.31. The molecule has 4 atom stereocenters. The zero-order chi connectivity index (χ0) is 17.6. The van der Waals surface area contributed by atoms with Crippen LogP contribution in [0.4, 0.5) is 0 Å². The highest BCUT2D eigenvalue weighted by Gasteiger charge is 2.69. The number of ether oxygens (including phenoxy) is 1. The van der Waals surface area contributed by atoms with E-state index in [4.69, 9.17) is 4.74 Å². The van der Waals surface area contributed by atoms with E-state index in [1.165, 1.54) is 12.8 Å². The van der Waals surface area contributed by atoms with E-state index in [1.54, 1.807) is 6.07 Å². The van der Waals surface area contributed by atoms with Gasteiger partial charge in [-0.2, -0.15) is 0 Å². The van der Waals surface area contributed by atoms with Gasteiger partial charge >= 0.3 is 0 Å². The number of Topliss-reactive ketones (excluding diaryl/α,β-unsaturated/α-hetero) is 1. The van der Waals surface area contributed by atoms with E-state index in [1.807, 2.05) is 13.0 Å². The van der Waals surface area contributed by atoms with Crippen molar-refractivity contribution in [1.29, 1.82) is 0 Å². The lowest BCUT2D eigenvalue weighted by molar-refractivity contribution is -0.164. The maximum absolute atomic E-state index is 12.6. The molecule has 0 bridgehead atoms. The summed E-state index contributed by atoms with van der Waals surface area (Å²) in [4.78, 5) is 14.9. The third-order valence-corrected chi connectivity index (χ3v) is 7.19. The summed E-state index contributed by atoms with van der Waals surface area (Å²) in [7, 11) is 2.10. The molecular formula is C20H25NO4.